The van der Waals surface area contributed by atoms with E-state index in [9.17, 15) is 14.4 Å². The van der Waals surface area contributed by atoms with Gasteiger partial charge in [-0.25, -0.2) is 9.31 Å². The molecule has 0 aliphatic rings. The second kappa shape index (κ2) is 5.99. The van der Waals surface area contributed by atoms with E-state index in [1.54, 1.807) is 24.3 Å². The van der Waals surface area contributed by atoms with Gasteiger partial charge in [-0.1, -0.05) is 0 Å². The molecule has 2 heterocycles. The standard InChI is InChI=1S/C16H14N4O4/c1-9(21)17-12-5-3-10(4-6-12)14-18-15(22)13-7-11(16(23)24-2)8-20(13)19-14/h3-8H,1-2H3,(H,17,21)(H,18,19,22). The Kier molecular flexibility index (Phi) is 3.87. The number of aromatic amines is 1. The molecule has 0 saturated heterocycles. The van der Waals surface area contributed by atoms with E-state index in [2.05, 4.69) is 20.1 Å². The first-order valence-electron chi connectivity index (χ1n) is 7.07. The monoisotopic (exact) mass is 326 g/mol. The van der Waals surface area contributed by atoms with E-state index >= 15 is 0 Å². The van der Waals surface area contributed by atoms with Crippen LogP contribution in [0.3, 0.4) is 0 Å². The Morgan fingerprint density at radius 3 is 2.58 bits per heavy atom. The molecule has 0 fully saturated rings. The van der Waals surface area contributed by atoms with E-state index in [1.165, 1.54) is 30.8 Å². The normalized spacial score (nSPS) is 10.6. The van der Waals surface area contributed by atoms with Crippen molar-refractivity contribution in [1.29, 1.82) is 0 Å². The number of carbonyl (C=O) groups is 2. The number of rotatable bonds is 3. The van der Waals surface area contributed by atoms with Crippen LogP contribution in [0.5, 0.6) is 0 Å². The van der Waals surface area contributed by atoms with Crippen molar-refractivity contribution in [2.24, 2.45) is 0 Å². The highest BCUT2D eigenvalue weighted by Crippen LogP contribution is 2.17. The Hall–Kier alpha value is -3.42. The lowest BCUT2D eigenvalue weighted by Gasteiger charge is -2.04. The lowest BCUT2D eigenvalue weighted by Crippen LogP contribution is -2.13. The van der Waals surface area contributed by atoms with Crippen LogP contribution in [0.15, 0.2) is 41.3 Å². The van der Waals surface area contributed by atoms with Crippen molar-refractivity contribution in [2.75, 3.05) is 12.4 Å². The minimum atomic E-state index is -0.541. The first kappa shape index (κ1) is 15.5. The second-order valence-electron chi connectivity index (χ2n) is 5.11. The van der Waals surface area contributed by atoms with Gasteiger partial charge in [-0.2, -0.15) is 0 Å². The maximum atomic E-state index is 12.2. The molecule has 0 bridgehead atoms. The predicted molar refractivity (Wildman–Crippen MR) is 86.9 cm³/mol. The van der Waals surface area contributed by atoms with Crippen LogP contribution >= 0.6 is 0 Å². The molecule has 3 aromatic rings. The number of fused-ring (bicyclic) bond motifs is 1. The molecule has 0 saturated carbocycles. The molecule has 0 radical (unpaired) electrons. The molecule has 1 amide bonds. The highest BCUT2D eigenvalue weighted by molar-refractivity contribution is 5.91. The van der Waals surface area contributed by atoms with E-state index in [-0.39, 0.29) is 22.5 Å². The average Bonchev–Trinajstić information content (AvgIpc) is 2.99. The van der Waals surface area contributed by atoms with Gasteiger partial charge in [-0.3, -0.25) is 9.59 Å². The number of esters is 1. The molecule has 2 aromatic heterocycles. The third-order valence-corrected chi connectivity index (χ3v) is 3.37. The van der Waals surface area contributed by atoms with Gasteiger partial charge in [0.2, 0.25) is 5.91 Å². The summed E-state index contributed by atoms with van der Waals surface area (Å²) in [6.07, 6.45) is 1.44. The number of nitrogens with one attached hydrogen (secondary N) is 2. The molecule has 0 aliphatic heterocycles. The van der Waals surface area contributed by atoms with Crippen LogP contribution in [0.4, 0.5) is 5.69 Å². The van der Waals surface area contributed by atoms with Crippen LogP contribution in [0, 0.1) is 0 Å². The zero-order chi connectivity index (χ0) is 17.3. The van der Waals surface area contributed by atoms with Crippen LogP contribution in [0.2, 0.25) is 0 Å². The number of anilines is 1. The van der Waals surface area contributed by atoms with Gasteiger partial charge in [0.15, 0.2) is 5.82 Å². The maximum absolute atomic E-state index is 12.2. The Morgan fingerprint density at radius 2 is 1.96 bits per heavy atom. The molecule has 0 unspecified atom stereocenters. The van der Waals surface area contributed by atoms with Gasteiger partial charge in [-0.05, 0) is 30.3 Å². The molecule has 8 heteroatoms. The summed E-state index contributed by atoms with van der Waals surface area (Å²) in [7, 11) is 1.27. The van der Waals surface area contributed by atoms with Crippen molar-refractivity contribution < 1.29 is 14.3 Å². The molecule has 8 nitrogen and oxygen atoms in total. The fourth-order valence-electron chi connectivity index (χ4n) is 2.28. The van der Waals surface area contributed by atoms with Crippen molar-refractivity contribution >= 4 is 23.1 Å². The van der Waals surface area contributed by atoms with E-state index in [1.807, 2.05) is 0 Å². The third kappa shape index (κ3) is 2.89. The highest BCUT2D eigenvalue weighted by Gasteiger charge is 2.13. The number of methoxy groups -OCH3 is 1. The highest BCUT2D eigenvalue weighted by atomic mass is 16.5. The molecule has 122 valence electrons. The van der Waals surface area contributed by atoms with Crippen molar-refractivity contribution in [1.82, 2.24) is 14.6 Å². The summed E-state index contributed by atoms with van der Waals surface area (Å²) in [4.78, 5) is 37.4. The Balaban J connectivity index is 2.02. The number of H-pyrrole nitrogens is 1. The van der Waals surface area contributed by atoms with Gasteiger partial charge in [0.1, 0.15) is 5.52 Å². The van der Waals surface area contributed by atoms with E-state index in [0.29, 0.717) is 17.1 Å². The summed E-state index contributed by atoms with van der Waals surface area (Å²) < 4.78 is 5.97. The summed E-state index contributed by atoms with van der Waals surface area (Å²) in [5, 5.41) is 6.96. The topological polar surface area (TPSA) is 106 Å². The number of nitrogens with zero attached hydrogens (tertiary/aromatic N) is 2. The lowest BCUT2D eigenvalue weighted by atomic mass is 10.2. The minimum absolute atomic E-state index is 0.168. The van der Waals surface area contributed by atoms with Crippen LogP contribution in [0.25, 0.3) is 16.9 Å². The molecule has 0 spiro atoms. The van der Waals surface area contributed by atoms with Gasteiger partial charge in [0, 0.05) is 24.4 Å². The first-order valence-corrected chi connectivity index (χ1v) is 7.07. The SMILES string of the molecule is COC(=O)c1cc2c(=O)[nH]c(-c3ccc(NC(C)=O)cc3)nn2c1. The van der Waals surface area contributed by atoms with Crippen molar-refractivity contribution in [3.8, 4) is 11.4 Å². The summed E-state index contributed by atoms with van der Waals surface area (Å²) in [6, 6.07) is 8.27. The maximum Gasteiger partial charge on any atom is 0.339 e. The number of benzene rings is 1. The van der Waals surface area contributed by atoms with Gasteiger partial charge < -0.3 is 15.0 Å². The number of hydrogen-bond donors (Lipinski definition) is 2. The van der Waals surface area contributed by atoms with Crippen LogP contribution in [-0.2, 0) is 9.53 Å². The second-order valence-corrected chi connectivity index (χ2v) is 5.11. The first-order chi connectivity index (χ1) is 11.5. The number of aromatic nitrogens is 3. The summed E-state index contributed by atoms with van der Waals surface area (Å²) >= 11 is 0. The van der Waals surface area contributed by atoms with Gasteiger partial charge in [0.25, 0.3) is 5.56 Å². The van der Waals surface area contributed by atoms with Crippen molar-refractivity contribution in [3.05, 3.63) is 52.4 Å². The zero-order valence-corrected chi connectivity index (χ0v) is 13.0. The molecule has 0 atom stereocenters. The number of ether oxygens (including phenoxy) is 1. The summed E-state index contributed by atoms with van der Waals surface area (Å²) in [5.74, 6) is -0.367. The molecule has 24 heavy (non-hydrogen) atoms. The Labute approximate surface area is 136 Å². The fourth-order valence-corrected chi connectivity index (χ4v) is 2.28. The van der Waals surface area contributed by atoms with Crippen LogP contribution in [-0.4, -0.2) is 33.6 Å². The van der Waals surface area contributed by atoms with E-state index in [0.717, 1.165) is 0 Å². The minimum Gasteiger partial charge on any atom is -0.465 e. The quantitative estimate of drug-likeness (QED) is 0.708. The van der Waals surface area contributed by atoms with Gasteiger partial charge in [0.05, 0.1) is 12.7 Å². The van der Waals surface area contributed by atoms with Gasteiger partial charge >= 0.3 is 5.97 Å². The zero-order valence-electron chi connectivity index (χ0n) is 13.0. The largest absolute Gasteiger partial charge is 0.465 e. The fraction of sp³-hybridized carbons (Fsp3) is 0.125. The Morgan fingerprint density at radius 1 is 1.25 bits per heavy atom. The molecule has 1 aromatic carbocycles. The van der Waals surface area contributed by atoms with Crippen LogP contribution in [0.1, 0.15) is 17.3 Å². The van der Waals surface area contributed by atoms with Crippen LogP contribution < -0.4 is 10.9 Å². The third-order valence-electron chi connectivity index (χ3n) is 3.37. The average molecular weight is 326 g/mol. The molecular weight excluding hydrogens is 312 g/mol. The Bertz CT molecular complexity index is 985. The summed E-state index contributed by atoms with van der Waals surface area (Å²) in [5.41, 5.74) is 1.42. The van der Waals surface area contributed by atoms with E-state index in [4.69, 9.17) is 0 Å². The number of amides is 1. The molecule has 2 N–H and O–H groups in total. The molecule has 0 aliphatic carbocycles. The smallest absolute Gasteiger partial charge is 0.339 e. The summed E-state index contributed by atoms with van der Waals surface area (Å²) in [6.45, 7) is 1.42. The molecular formula is C16H14N4O4. The van der Waals surface area contributed by atoms with E-state index < -0.39 is 5.97 Å². The number of hydrogen-bond acceptors (Lipinski definition) is 5. The number of carbonyl (C=O) groups excluding carboxylic acids is 2. The van der Waals surface area contributed by atoms with Crippen molar-refractivity contribution in [3.63, 3.8) is 0 Å². The predicted octanol–water partition coefficient (Wildman–Crippen LogP) is 1.43. The van der Waals surface area contributed by atoms with Crippen molar-refractivity contribution in [2.45, 2.75) is 6.92 Å². The molecule has 3 rings (SSSR count). The van der Waals surface area contributed by atoms with Gasteiger partial charge in [-0.15, -0.1) is 5.10 Å². The lowest BCUT2D eigenvalue weighted by molar-refractivity contribution is -0.114.